The summed E-state index contributed by atoms with van der Waals surface area (Å²) in [5, 5.41) is 14.0. The first kappa shape index (κ1) is 41.4. The third-order valence-corrected chi connectivity index (χ3v) is 11.9. The maximum absolute atomic E-state index is 5.43. The molecule has 6 nitrogen and oxygen atoms in total. The van der Waals surface area contributed by atoms with Crippen molar-refractivity contribution in [2.45, 2.75) is 105 Å². The van der Waals surface area contributed by atoms with Crippen molar-refractivity contribution in [3.05, 3.63) is 138 Å². The average molecular weight is 970 g/mol. The molecule has 0 aliphatic heterocycles. The van der Waals surface area contributed by atoms with Gasteiger partial charge in [-0.05, 0) is 116 Å². The fourth-order valence-electron chi connectivity index (χ4n) is 8.20. The van der Waals surface area contributed by atoms with E-state index in [0.29, 0.717) is 0 Å². The Labute approximate surface area is 368 Å². The van der Waals surface area contributed by atoms with E-state index >= 15 is 0 Å². The maximum atomic E-state index is 5.43. The van der Waals surface area contributed by atoms with Gasteiger partial charge in [0.2, 0.25) is 0 Å². The zero-order valence-electron chi connectivity index (χ0n) is 36.9. The molecule has 0 aliphatic rings. The number of fused-ring (bicyclic) bond motifs is 6. The summed E-state index contributed by atoms with van der Waals surface area (Å²) >= 11 is 0. The van der Waals surface area contributed by atoms with E-state index in [1.54, 1.807) is 0 Å². The van der Waals surface area contributed by atoms with Crippen molar-refractivity contribution < 1.29 is 21.1 Å². The van der Waals surface area contributed by atoms with E-state index in [4.69, 9.17) is 20.2 Å². The Morgan fingerprint density at radius 1 is 0.517 bits per heavy atom. The predicted molar refractivity (Wildman–Crippen MR) is 246 cm³/mol. The van der Waals surface area contributed by atoms with E-state index < -0.39 is 0 Å². The van der Waals surface area contributed by atoms with Gasteiger partial charge in [-0.3, -0.25) is 0 Å². The molecule has 5 heterocycles. The van der Waals surface area contributed by atoms with Crippen molar-refractivity contribution in [1.82, 2.24) is 29.3 Å². The minimum atomic E-state index is -0.0255. The third kappa shape index (κ3) is 7.21. The second-order valence-electron chi connectivity index (χ2n) is 20.4. The van der Waals surface area contributed by atoms with Gasteiger partial charge in [0, 0.05) is 28.2 Å². The quantitative estimate of drug-likeness (QED) is 0.165. The van der Waals surface area contributed by atoms with E-state index in [-0.39, 0.29) is 42.7 Å². The minimum absolute atomic E-state index is 0. The van der Waals surface area contributed by atoms with Crippen molar-refractivity contribution in [3.63, 3.8) is 0 Å². The third-order valence-electron chi connectivity index (χ3n) is 11.9. The van der Waals surface area contributed by atoms with Gasteiger partial charge in [-0.2, -0.15) is 6.07 Å². The summed E-state index contributed by atoms with van der Waals surface area (Å²) < 4.78 is 4.52. The number of benzene rings is 4. The number of pyridine rings is 2. The van der Waals surface area contributed by atoms with Crippen LogP contribution in [0.15, 0.2) is 109 Å². The Morgan fingerprint density at radius 3 is 1.83 bits per heavy atom. The molecule has 0 unspecified atom stereocenters. The molecule has 60 heavy (non-hydrogen) atoms. The first-order chi connectivity index (χ1) is 27.8. The van der Waals surface area contributed by atoms with Crippen molar-refractivity contribution in [1.29, 1.82) is 0 Å². The fraction of sp³-hybridized carbons (Fsp3) is 0.302. The predicted octanol–water partition coefficient (Wildman–Crippen LogP) is 13.3. The number of nitrogens with zero attached hydrogens (tertiary/aromatic N) is 6. The van der Waals surface area contributed by atoms with Gasteiger partial charge in [0.25, 0.3) is 0 Å². The number of aromatic nitrogens is 6. The van der Waals surface area contributed by atoms with Gasteiger partial charge < -0.3 is 19.3 Å². The zero-order chi connectivity index (χ0) is 41.8. The van der Waals surface area contributed by atoms with Crippen LogP contribution in [0.4, 0.5) is 0 Å². The van der Waals surface area contributed by atoms with Crippen LogP contribution < -0.4 is 5.10 Å². The van der Waals surface area contributed by atoms with Gasteiger partial charge in [-0.25, -0.2) is 9.97 Å². The first-order valence-electron chi connectivity index (χ1n) is 20.8. The van der Waals surface area contributed by atoms with E-state index in [2.05, 4.69) is 201 Å². The Balaban J connectivity index is 0.00000499. The zero-order valence-corrected chi connectivity index (χ0v) is 39.2. The van der Waals surface area contributed by atoms with Gasteiger partial charge in [0.15, 0.2) is 0 Å². The summed E-state index contributed by atoms with van der Waals surface area (Å²) in [7, 11) is 0. The molecule has 9 rings (SSSR count). The molecule has 0 atom stereocenters. The van der Waals surface area contributed by atoms with Crippen LogP contribution in [0.1, 0.15) is 105 Å². The van der Waals surface area contributed by atoms with E-state index in [1.165, 1.54) is 27.6 Å². The Morgan fingerprint density at radius 2 is 1.15 bits per heavy atom. The summed E-state index contributed by atoms with van der Waals surface area (Å²) in [6.45, 7) is 27.1. The summed E-state index contributed by atoms with van der Waals surface area (Å²) in [4.78, 5) is 10.4. The van der Waals surface area contributed by atoms with Gasteiger partial charge in [-0.1, -0.05) is 130 Å². The van der Waals surface area contributed by atoms with Crippen LogP contribution in [-0.4, -0.2) is 24.2 Å². The Bertz CT molecular complexity index is 3060. The molecule has 4 aromatic carbocycles. The molecular weight excluding hydrogens is 916 g/mol. The summed E-state index contributed by atoms with van der Waals surface area (Å²) in [5.74, 6) is 0.878. The van der Waals surface area contributed by atoms with Crippen LogP contribution in [0.25, 0.3) is 77.9 Å². The maximum Gasteiger partial charge on any atom is 2.00 e. The molecule has 0 radical (unpaired) electrons. The second kappa shape index (κ2) is 14.4. The Hall–Kier alpha value is -5.32. The van der Waals surface area contributed by atoms with Crippen LogP contribution in [0, 0.1) is 6.07 Å². The van der Waals surface area contributed by atoms with E-state index in [9.17, 15) is 0 Å². The number of hydrogen-bond donors (Lipinski definition) is 0. The van der Waals surface area contributed by atoms with Crippen LogP contribution in [0.3, 0.4) is 0 Å². The first-order valence-corrected chi connectivity index (χ1v) is 20.8. The summed E-state index contributed by atoms with van der Waals surface area (Å²) in [6, 6.07) is 41.3. The van der Waals surface area contributed by atoms with Crippen molar-refractivity contribution in [2.75, 3.05) is 0 Å². The molecule has 0 saturated carbocycles. The molecule has 0 amide bonds. The van der Waals surface area contributed by atoms with E-state index in [1.807, 2.05) is 6.20 Å². The molecule has 7 heteroatoms. The topological polar surface area (TPSA) is 62.6 Å². The van der Waals surface area contributed by atoms with Crippen molar-refractivity contribution >= 4 is 43.7 Å². The average Bonchev–Trinajstić information content (AvgIpc) is 3.89. The van der Waals surface area contributed by atoms with Gasteiger partial charge in [-0.15, -0.1) is 17.5 Å². The van der Waals surface area contributed by atoms with E-state index in [0.717, 1.165) is 72.5 Å². The van der Waals surface area contributed by atoms with Crippen LogP contribution in [0.5, 0.6) is 0 Å². The molecule has 0 saturated heterocycles. The number of hydrogen-bond acceptors (Lipinski definition) is 3. The number of para-hydroxylation sites is 1. The summed E-state index contributed by atoms with van der Waals surface area (Å²) in [5.41, 5.74) is 13.4. The molecule has 5 aromatic heterocycles. The molecule has 0 aliphatic carbocycles. The van der Waals surface area contributed by atoms with Crippen LogP contribution >= 0.6 is 0 Å². The Kier molecular flexibility index (Phi) is 9.94. The molecule has 0 spiro atoms. The SMILES string of the molecule is CC(C)(C)c1cc(-c2cc(-c3ccc4c5cc(C(C)(C)C)ccc5n(-c5[c-]c6c(cc5)c5ccccc5n6-c5cc(C(C)(C)C)ccn5)c4n3)[n-]n2)cc(C(C)(C)C)c1.[Pt+2]. The normalized spacial score (nSPS) is 12.9. The van der Waals surface area contributed by atoms with Crippen molar-refractivity contribution in [3.8, 4) is 34.2 Å². The van der Waals surface area contributed by atoms with Gasteiger partial charge in [0.1, 0.15) is 11.5 Å². The number of rotatable bonds is 4. The largest absolute Gasteiger partial charge is 2.00 e. The minimum Gasteiger partial charge on any atom is -0.573 e. The van der Waals surface area contributed by atoms with Crippen molar-refractivity contribution in [2.24, 2.45) is 0 Å². The standard InChI is InChI=1S/C53H54N6.Pt/c1-50(2,3)33-17-22-46-41(28-33)40-20-21-42(44-31-43(56-57-44)32-25-35(52(7,8)9)27-36(26-32)53(10,11)12)55-49(40)58(46)37-18-19-39-38-15-13-14-16-45(38)59(47(39)30-37)48-29-34(23-24-54-48)51(4,5)6;/h13-29,31H,1-12H3;/q-2;+2. The van der Waals surface area contributed by atoms with Gasteiger partial charge >= 0.3 is 21.1 Å². The van der Waals surface area contributed by atoms with Gasteiger partial charge in [0.05, 0.1) is 11.2 Å². The monoisotopic (exact) mass is 969 g/mol. The molecule has 0 bridgehead atoms. The molecule has 306 valence electrons. The van der Waals surface area contributed by atoms with Crippen LogP contribution in [0.2, 0.25) is 0 Å². The molecule has 0 fully saturated rings. The summed E-state index contributed by atoms with van der Waals surface area (Å²) in [6.07, 6.45) is 1.92. The fourth-order valence-corrected chi connectivity index (χ4v) is 8.20. The van der Waals surface area contributed by atoms with Crippen LogP contribution in [-0.2, 0) is 42.7 Å². The smallest absolute Gasteiger partial charge is 0.573 e. The molecular formula is C53H54N6Pt. The molecule has 9 aromatic rings. The molecule has 0 N–H and O–H groups in total. The second-order valence-corrected chi connectivity index (χ2v) is 20.4.